The second-order valence-corrected chi connectivity index (χ2v) is 4.70. The maximum Gasteiger partial charge on any atom is 0.313 e. The topological polar surface area (TPSA) is 37.3 Å². The van der Waals surface area contributed by atoms with E-state index in [9.17, 15) is 4.79 Å². The van der Waals surface area contributed by atoms with Crippen molar-refractivity contribution in [2.24, 2.45) is 0 Å². The standard InChI is InChI=1S/C11H13BrO2/c1-7-8(5-4-6-9(7)12)11(2,3)10(13)14/h4-6H,1-3H3,(H,13,14). The van der Waals surface area contributed by atoms with Crippen LogP contribution in [0.2, 0.25) is 0 Å². The van der Waals surface area contributed by atoms with Gasteiger partial charge in [-0.05, 0) is 38.0 Å². The lowest BCUT2D eigenvalue weighted by Crippen LogP contribution is -2.29. The molecule has 0 spiro atoms. The molecule has 1 rings (SSSR count). The molecule has 0 fully saturated rings. The van der Waals surface area contributed by atoms with Gasteiger partial charge in [0, 0.05) is 4.47 Å². The number of carboxylic acids is 1. The Kier molecular flexibility index (Phi) is 3.00. The van der Waals surface area contributed by atoms with E-state index in [1.807, 2.05) is 25.1 Å². The zero-order valence-electron chi connectivity index (χ0n) is 8.47. The Morgan fingerprint density at radius 2 is 2.00 bits per heavy atom. The third kappa shape index (κ3) is 1.82. The number of rotatable bonds is 2. The van der Waals surface area contributed by atoms with E-state index in [1.54, 1.807) is 13.8 Å². The average Bonchev–Trinajstić information content (AvgIpc) is 2.09. The summed E-state index contributed by atoms with van der Waals surface area (Å²) in [7, 11) is 0. The molecule has 0 amide bonds. The molecule has 0 unspecified atom stereocenters. The van der Waals surface area contributed by atoms with Crippen LogP contribution >= 0.6 is 15.9 Å². The van der Waals surface area contributed by atoms with Crippen LogP contribution in [0.1, 0.15) is 25.0 Å². The van der Waals surface area contributed by atoms with E-state index in [1.165, 1.54) is 0 Å². The fraction of sp³-hybridized carbons (Fsp3) is 0.364. The Morgan fingerprint density at radius 1 is 1.43 bits per heavy atom. The number of benzene rings is 1. The van der Waals surface area contributed by atoms with Gasteiger partial charge in [-0.3, -0.25) is 4.79 Å². The molecule has 1 aromatic rings. The molecule has 0 bridgehead atoms. The molecule has 0 radical (unpaired) electrons. The van der Waals surface area contributed by atoms with E-state index in [2.05, 4.69) is 15.9 Å². The van der Waals surface area contributed by atoms with Crippen LogP contribution in [0, 0.1) is 6.92 Å². The molecule has 0 saturated carbocycles. The summed E-state index contributed by atoms with van der Waals surface area (Å²) in [5, 5.41) is 9.09. The van der Waals surface area contributed by atoms with Crippen molar-refractivity contribution in [2.45, 2.75) is 26.2 Å². The number of hydrogen-bond acceptors (Lipinski definition) is 1. The van der Waals surface area contributed by atoms with Crippen molar-refractivity contribution in [3.8, 4) is 0 Å². The lowest BCUT2D eigenvalue weighted by atomic mass is 9.82. The zero-order valence-corrected chi connectivity index (χ0v) is 10.1. The average molecular weight is 257 g/mol. The zero-order chi connectivity index (χ0) is 10.9. The third-order valence-corrected chi connectivity index (χ3v) is 3.33. The molecule has 76 valence electrons. The lowest BCUT2D eigenvalue weighted by molar-refractivity contribution is -0.142. The molecule has 0 aliphatic carbocycles. The van der Waals surface area contributed by atoms with Crippen LogP contribution in [0.4, 0.5) is 0 Å². The van der Waals surface area contributed by atoms with Crippen molar-refractivity contribution in [1.82, 2.24) is 0 Å². The second-order valence-electron chi connectivity index (χ2n) is 3.84. The molecule has 0 heterocycles. The Bertz CT molecular complexity index is 370. The van der Waals surface area contributed by atoms with Crippen LogP contribution in [-0.4, -0.2) is 11.1 Å². The van der Waals surface area contributed by atoms with Gasteiger partial charge in [-0.15, -0.1) is 0 Å². The molecule has 14 heavy (non-hydrogen) atoms. The van der Waals surface area contributed by atoms with Crippen molar-refractivity contribution in [1.29, 1.82) is 0 Å². The molecular formula is C11H13BrO2. The highest BCUT2D eigenvalue weighted by molar-refractivity contribution is 9.10. The van der Waals surface area contributed by atoms with Gasteiger partial charge in [0.15, 0.2) is 0 Å². The third-order valence-electron chi connectivity index (χ3n) is 2.48. The Morgan fingerprint density at radius 3 is 2.50 bits per heavy atom. The summed E-state index contributed by atoms with van der Waals surface area (Å²) in [5.41, 5.74) is 0.993. The largest absolute Gasteiger partial charge is 0.481 e. The van der Waals surface area contributed by atoms with E-state index in [-0.39, 0.29) is 0 Å². The van der Waals surface area contributed by atoms with Crippen LogP contribution in [0.25, 0.3) is 0 Å². The number of carboxylic acid groups (broad SMARTS) is 1. The van der Waals surface area contributed by atoms with Gasteiger partial charge < -0.3 is 5.11 Å². The molecule has 0 aromatic heterocycles. The van der Waals surface area contributed by atoms with Crippen LogP contribution < -0.4 is 0 Å². The highest BCUT2D eigenvalue weighted by Crippen LogP contribution is 2.30. The van der Waals surface area contributed by atoms with E-state index in [4.69, 9.17) is 5.11 Å². The number of aliphatic carboxylic acids is 1. The molecule has 2 nitrogen and oxygen atoms in total. The highest BCUT2D eigenvalue weighted by Gasteiger charge is 2.31. The summed E-state index contributed by atoms with van der Waals surface area (Å²) in [4.78, 5) is 11.1. The fourth-order valence-electron chi connectivity index (χ4n) is 1.40. The second kappa shape index (κ2) is 3.73. The summed E-state index contributed by atoms with van der Waals surface area (Å²) in [6.07, 6.45) is 0. The molecular weight excluding hydrogens is 244 g/mol. The first-order valence-electron chi connectivity index (χ1n) is 4.36. The van der Waals surface area contributed by atoms with Crippen molar-refractivity contribution in [2.75, 3.05) is 0 Å². The first-order valence-corrected chi connectivity index (χ1v) is 5.15. The lowest BCUT2D eigenvalue weighted by Gasteiger charge is -2.22. The summed E-state index contributed by atoms with van der Waals surface area (Å²) in [5.74, 6) is -0.807. The van der Waals surface area contributed by atoms with Gasteiger partial charge in [0.25, 0.3) is 0 Å². The van der Waals surface area contributed by atoms with E-state index in [0.717, 1.165) is 15.6 Å². The summed E-state index contributed by atoms with van der Waals surface area (Å²) in [6.45, 7) is 5.35. The molecule has 0 saturated heterocycles. The number of carbonyl (C=O) groups is 1. The van der Waals surface area contributed by atoms with Gasteiger partial charge in [-0.25, -0.2) is 0 Å². The van der Waals surface area contributed by atoms with Crippen molar-refractivity contribution in [3.63, 3.8) is 0 Å². The van der Waals surface area contributed by atoms with Crippen LogP contribution in [0.5, 0.6) is 0 Å². The molecule has 1 N–H and O–H groups in total. The summed E-state index contributed by atoms with van der Waals surface area (Å²) >= 11 is 3.39. The van der Waals surface area contributed by atoms with Gasteiger partial charge in [-0.2, -0.15) is 0 Å². The van der Waals surface area contributed by atoms with Gasteiger partial charge in [0.1, 0.15) is 0 Å². The maximum absolute atomic E-state index is 11.1. The molecule has 0 atom stereocenters. The first-order chi connectivity index (χ1) is 6.37. The Balaban J connectivity index is 3.33. The summed E-state index contributed by atoms with van der Waals surface area (Å²) < 4.78 is 0.948. The van der Waals surface area contributed by atoms with Gasteiger partial charge in [-0.1, -0.05) is 28.1 Å². The van der Waals surface area contributed by atoms with Gasteiger partial charge in [0.2, 0.25) is 0 Å². The van der Waals surface area contributed by atoms with Crippen molar-refractivity contribution < 1.29 is 9.90 Å². The van der Waals surface area contributed by atoms with Crippen molar-refractivity contribution in [3.05, 3.63) is 33.8 Å². The normalized spacial score (nSPS) is 11.4. The summed E-state index contributed by atoms with van der Waals surface area (Å²) in [6, 6.07) is 5.63. The van der Waals surface area contributed by atoms with Gasteiger partial charge in [0.05, 0.1) is 5.41 Å². The van der Waals surface area contributed by atoms with E-state index >= 15 is 0 Å². The maximum atomic E-state index is 11.1. The number of hydrogen-bond donors (Lipinski definition) is 1. The SMILES string of the molecule is Cc1c(Br)cccc1C(C)(C)C(=O)O. The number of halogens is 1. The first kappa shape index (κ1) is 11.2. The molecule has 0 aliphatic heterocycles. The Hall–Kier alpha value is -0.830. The minimum atomic E-state index is -0.839. The minimum absolute atomic E-state index is 0.807. The van der Waals surface area contributed by atoms with Crippen molar-refractivity contribution >= 4 is 21.9 Å². The van der Waals surface area contributed by atoms with Crippen LogP contribution in [0.15, 0.2) is 22.7 Å². The minimum Gasteiger partial charge on any atom is -0.481 e. The predicted octanol–water partition coefficient (Wildman–Crippen LogP) is 3.12. The van der Waals surface area contributed by atoms with E-state index < -0.39 is 11.4 Å². The van der Waals surface area contributed by atoms with Gasteiger partial charge >= 0.3 is 5.97 Å². The van der Waals surface area contributed by atoms with E-state index in [0.29, 0.717) is 0 Å². The highest BCUT2D eigenvalue weighted by atomic mass is 79.9. The van der Waals surface area contributed by atoms with Crippen LogP contribution in [-0.2, 0) is 10.2 Å². The molecule has 3 heteroatoms. The Labute approximate surface area is 92.1 Å². The smallest absolute Gasteiger partial charge is 0.313 e. The predicted molar refractivity (Wildman–Crippen MR) is 59.5 cm³/mol. The molecule has 0 aliphatic rings. The quantitative estimate of drug-likeness (QED) is 0.883. The fourth-order valence-corrected chi connectivity index (χ4v) is 1.77. The molecule has 1 aromatic carbocycles. The van der Waals surface area contributed by atoms with Crippen LogP contribution in [0.3, 0.4) is 0 Å². The monoisotopic (exact) mass is 256 g/mol.